The van der Waals surface area contributed by atoms with E-state index in [0.29, 0.717) is 0 Å². The van der Waals surface area contributed by atoms with Crippen molar-refractivity contribution in [2.24, 2.45) is 0 Å². The van der Waals surface area contributed by atoms with Crippen LogP contribution in [0, 0.1) is 6.92 Å². The van der Waals surface area contributed by atoms with Crippen LogP contribution < -0.4 is 0 Å². The highest BCUT2D eigenvalue weighted by Crippen LogP contribution is 2.22. The first-order valence-corrected chi connectivity index (χ1v) is 5.21. The number of aryl methyl sites for hydroxylation is 1. The first-order chi connectivity index (χ1) is 5.86. The zero-order chi connectivity index (χ0) is 8.97. The number of hydrogen-bond donors (Lipinski definition) is 0. The predicted octanol–water partition coefficient (Wildman–Crippen LogP) is 2.55. The van der Waals surface area contributed by atoms with Gasteiger partial charge in [-0.05, 0) is 6.92 Å². The molecule has 0 N–H and O–H groups in total. The third-order valence-electron chi connectivity index (χ3n) is 1.60. The molecule has 0 unspecified atom stereocenters. The lowest BCUT2D eigenvalue weighted by atomic mass is 10.3. The van der Waals surface area contributed by atoms with Crippen LogP contribution in [0.15, 0.2) is 0 Å². The van der Waals surface area contributed by atoms with Crippen molar-refractivity contribution in [2.75, 3.05) is 6.61 Å². The van der Waals surface area contributed by atoms with Gasteiger partial charge in [0.2, 0.25) is 0 Å². The standard InChI is InChI=1S/C7H9NOS.C2H6/c1-5-8-6-4-9-3-2-7(6)10-5;1-2/h2-4H2,1H3;1-2H3. The maximum absolute atomic E-state index is 5.25. The topological polar surface area (TPSA) is 22.1 Å². The Morgan fingerprint density at radius 3 is 2.83 bits per heavy atom. The van der Waals surface area contributed by atoms with Gasteiger partial charge in [0.25, 0.3) is 0 Å². The number of aromatic nitrogens is 1. The van der Waals surface area contributed by atoms with Gasteiger partial charge in [0, 0.05) is 11.3 Å². The molecule has 1 aromatic rings. The molecule has 3 heteroatoms. The van der Waals surface area contributed by atoms with Gasteiger partial charge in [0.15, 0.2) is 0 Å². The van der Waals surface area contributed by atoms with E-state index < -0.39 is 0 Å². The van der Waals surface area contributed by atoms with E-state index in [0.717, 1.165) is 30.3 Å². The van der Waals surface area contributed by atoms with Gasteiger partial charge < -0.3 is 4.74 Å². The summed E-state index contributed by atoms with van der Waals surface area (Å²) in [5, 5.41) is 1.16. The average Bonchev–Trinajstić information content (AvgIpc) is 2.48. The maximum atomic E-state index is 5.25. The fourth-order valence-corrected chi connectivity index (χ4v) is 2.07. The Bertz CT molecular complexity index is 221. The van der Waals surface area contributed by atoms with E-state index in [-0.39, 0.29) is 0 Å². The average molecular weight is 185 g/mol. The zero-order valence-electron chi connectivity index (χ0n) is 7.89. The second-order valence-electron chi connectivity index (χ2n) is 2.41. The second-order valence-corrected chi connectivity index (χ2v) is 3.69. The normalized spacial score (nSPS) is 14.6. The first-order valence-electron chi connectivity index (χ1n) is 4.39. The summed E-state index contributed by atoms with van der Waals surface area (Å²) < 4.78 is 5.25. The third kappa shape index (κ3) is 2.05. The molecule has 68 valence electrons. The molecule has 0 atom stereocenters. The van der Waals surface area contributed by atoms with E-state index >= 15 is 0 Å². The van der Waals surface area contributed by atoms with E-state index in [9.17, 15) is 0 Å². The molecule has 0 fully saturated rings. The Balaban J connectivity index is 0.000000336. The van der Waals surface area contributed by atoms with E-state index in [2.05, 4.69) is 4.98 Å². The lowest BCUT2D eigenvalue weighted by Crippen LogP contribution is -2.07. The largest absolute Gasteiger partial charge is 0.375 e. The summed E-state index contributed by atoms with van der Waals surface area (Å²) >= 11 is 1.80. The minimum atomic E-state index is 0.722. The number of nitrogens with zero attached hydrogens (tertiary/aromatic N) is 1. The summed E-state index contributed by atoms with van der Waals surface area (Å²) in [6.45, 7) is 7.64. The second kappa shape index (κ2) is 4.58. The third-order valence-corrected chi connectivity index (χ3v) is 2.67. The van der Waals surface area contributed by atoms with E-state index in [1.807, 2.05) is 20.8 Å². The van der Waals surface area contributed by atoms with Crippen LogP contribution in [0.2, 0.25) is 0 Å². The van der Waals surface area contributed by atoms with Crippen LogP contribution in [0.5, 0.6) is 0 Å². The monoisotopic (exact) mass is 185 g/mol. The number of fused-ring (bicyclic) bond motifs is 1. The molecule has 2 heterocycles. The molecule has 12 heavy (non-hydrogen) atoms. The van der Waals surface area contributed by atoms with Gasteiger partial charge in [-0.25, -0.2) is 4.98 Å². The highest BCUT2D eigenvalue weighted by Gasteiger charge is 2.12. The molecule has 0 amide bonds. The number of thiazole rings is 1. The summed E-state index contributed by atoms with van der Waals surface area (Å²) in [6.07, 6.45) is 1.06. The van der Waals surface area contributed by atoms with Crippen molar-refractivity contribution in [3.63, 3.8) is 0 Å². The molecule has 2 rings (SSSR count). The van der Waals surface area contributed by atoms with Crippen molar-refractivity contribution in [2.45, 2.75) is 33.8 Å². The summed E-state index contributed by atoms with van der Waals surface area (Å²) in [7, 11) is 0. The quantitative estimate of drug-likeness (QED) is 0.619. The van der Waals surface area contributed by atoms with Crippen LogP contribution in [-0.4, -0.2) is 11.6 Å². The van der Waals surface area contributed by atoms with Crippen molar-refractivity contribution in [1.82, 2.24) is 4.98 Å². The van der Waals surface area contributed by atoms with Gasteiger partial charge in [-0.2, -0.15) is 0 Å². The van der Waals surface area contributed by atoms with E-state index in [4.69, 9.17) is 4.74 Å². The number of hydrogen-bond acceptors (Lipinski definition) is 3. The van der Waals surface area contributed by atoms with Crippen molar-refractivity contribution in [3.8, 4) is 0 Å². The molecular weight excluding hydrogens is 170 g/mol. The van der Waals surface area contributed by atoms with Crippen molar-refractivity contribution >= 4 is 11.3 Å². The summed E-state index contributed by atoms with van der Waals surface area (Å²) in [6, 6.07) is 0. The highest BCUT2D eigenvalue weighted by molar-refractivity contribution is 7.11. The van der Waals surface area contributed by atoms with Crippen LogP contribution in [0.4, 0.5) is 0 Å². The van der Waals surface area contributed by atoms with Gasteiger partial charge >= 0.3 is 0 Å². The smallest absolute Gasteiger partial charge is 0.0901 e. The highest BCUT2D eigenvalue weighted by atomic mass is 32.1. The number of rotatable bonds is 0. The van der Waals surface area contributed by atoms with Crippen molar-refractivity contribution < 1.29 is 4.74 Å². The molecule has 0 radical (unpaired) electrons. The fourth-order valence-electron chi connectivity index (χ4n) is 1.15. The van der Waals surface area contributed by atoms with Crippen molar-refractivity contribution in [1.29, 1.82) is 0 Å². The van der Waals surface area contributed by atoms with Gasteiger partial charge in [-0.15, -0.1) is 11.3 Å². The molecule has 0 saturated heterocycles. The first kappa shape index (κ1) is 9.68. The molecule has 1 aromatic heterocycles. The summed E-state index contributed by atoms with van der Waals surface area (Å²) in [5.74, 6) is 0. The van der Waals surface area contributed by atoms with Gasteiger partial charge in [0.05, 0.1) is 23.9 Å². The Kier molecular flexibility index (Phi) is 3.69. The minimum absolute atomic E-state index is 0.722. The van der Waals surface area contributed by atoms with Crippen LogP contribution in [0.3, 0.4) is 0 Å². The molecule has 0 aromatic carbocycles. The molecule has 0 saturated carbocycles. The molecule has 0 bridgehead atoms. The summed E-state index contributed by atoms with van der Waals surface area (Å²) in [5.41, 5.74) is 1.16. The molecule has 0 aliphatic carbocycles. The molecule has 1 aliphatic heterocycles. The SMILES string of the molecule is CC.Cc1nc2c(s1)CCOC2. The molecule has 0 spiro atoms. The predicted molar refractivity (Wildman–Crippen MR) is 51.6 cm³/mol. The van der Waals surface area contributed by atoms with Crippen LogP contribution in [0.1, 0.15) is 29.4 Å². The lowest BCUT2D eigenvalue weighted by Gasteiger charge is -2.08. The molecule has 2 nitrogen and oxygen atoms in total. The van der Waals surface area contributed by atoms with E-state index in [1.165, 1.54) is 4.88 Å². The summed E-state index contributed by atoms with van der Waals surface area (Å²) in [4.78, 5) is 5.76. The van der Waals surface area contributed by atoms with Gasteiger partial charge in [-0.3, -0.25) is 0 Å². The fraction of sp³-hybridized carbons (Fsp3) is 0.667. The molecular formula is C9H15NOS. The van der Waals surface area contributed by atoms with Crippen LogP contribution in [0.25, 0.3) is 0 Å². The Hall–Kier alpha value is -0.410. The van der Waals surface area contributed by atoms with Gasteiger partial charge in [0.1, 0.15) is 0 Å². The Labute approximate surface area is 77.6 Å². The van der Waals surface area contributed by atoms with E-state index in [1.54, 1.807) is 11.3 Å². The van der Waals surface area contributed by atoms with Crippen LogP contribution in [-0.2, 0) is 17.8 Å². The van der Waals surface area contributed by atoms with Crippen molar-refractivity contribution in [3.05, 3.63) is 15.6 Å². The number of ether oxygens (including phenoxy) is 1. The maximum Gasteiger partial charge on any atom is 0.0901 e. The van der Waals surface area contributed by atoms with Gasteiger partial charge in [-0.1, -0.05) is 13.8 Å². The Morgan fingerprint density at radius 1 is 1.42 bits per heavy atom. The molecule has 1 aliphatic rings. The zero-order valence-corrected chi connectivity index (χ0v) is 8.70. The Morgan fingerprint density at radius 2 is 2.17 bits per heavy atom. The van der Waals surface area contributed by atoms with Crippen LogP contribution >= 0.6 is 11.3 Å². The lowest BCUT2D eigenvalue weighted by molar-refractivity contribution is 0.109. The minimum Gasteiger partial charge on any atom is -0.375 e.